The van der Waals surface area contributed by atoms with Crippen LogP contribution in [0.5, 0.6) is 0 Å². The first-order chi connectivity index (χ1) is 10.8. The van der Waals surface area contributed by atoms with E-state index in [1.165, 1.54) is 0 Å². The topological polar surface area (TPSA) is 118 Å². The molecule has 1 unspecified atom stereocenters. The Bertz CT molecular complexity index is 757. The van der Waals surface area contributed by atoms with Gasteiger partial charge in [0.1, 0.15) is 22.5 Å². The highest BCUT2D eigenvalue weighted by molar-refractivity contribution is 7.18. The Balaban J connectivity index is 2.43. The average molecular weight is 336 g/mol. The summed E-state index contributed by atoms with van der Waals surface area (Å²) in [4.78, 5) is 33.3. The molecule has 0 spiro atoms. The molecule has 2 rings (SSSR count). The summed E-state index contributed by atoms with van der Waals surface area (Å²) >= 11 is 1.56. The van der Waals surface area contributed by atoms with Gasteiger partial charge in [0, 0.05) is 17.7 Å². The van der Waals surface area contributed by atoms with Crippen LogP contribution >= 0.6 is 11.3 Å². The second kappa shape index (κ2) is 6.91. The lowest BCUT2D eigenvalue weighted by Crippen LogP contribution is -2.31. The summed E-state index contributed by atoms with van der Waals surface area (Å²) in [5, 5.41) is 13.2. The van der Waals surface area contributed by atoms with Crippen molar-refractivity contribution in [3.63, 3.8) is 0 Å². The number of nitrogens with zero attached hydrogens (tertiary/aromatic N) is 2. The number of primary amides is 1. The smallest absolute Gasteiger partial charge is 0.326 e. The van der Waals surface area contributed by atoms with E-state index in [0.717, 1.165) is 20.7 Å². The molecule has 2 aromatic heterocycles. The third-order valence-corrected chi connectivity index (χ3v) is 4.78. The summed E-state index contributed by atoms with van der Waals surface area (Å²) in [6.45, 7) is 5.91. The number of fused-ring (bicyclic) bond motifs is 1. The van der Waals surface area contributed by atoms with Crippen LogP contribution in [0.25, 0.3) is 10.2 Å². The van der Waals surface area contributed by atoms with Crippen LogP contribution in [0.2, 0.25) is 0 Å². The molecule has 1 amide bonds. The molecule has 0 aliphatic heterocycles. The highest BCUT2D eigenvalue weighted by Gasteiger charge is 2.22. The summed E-state index contributed by atoms with van der Waals surface area (Å²) < 4.78 is 0. The molecule has 0 radical (unpaired) electrons. The minimum absolute atomic E-state index is 0.000471. The number of hydrogen-bond donors (Lipinski definition) is 3. The van der Waals surface area contributed by atoms with Crippen LogP contribution in [0.3, 0.4) is 0 Å². The normalized spacial score (nSPS) is 12.3. The molecule has 0 bridgehead atoms. The Hall–Kier alpha value is -2.22. The molecule has 1 atom stereocenters. The van der Waals surface area contributed by atoms with Crippen molar-refractivity contribution in [2.45, 2.75) is 46.1 Å². The second-order valence-corrected chi connectivity index (χ2v) is 6.55. The van der Waals surface area contributed by atoms with E-state index in [2.05, 4.69) is 15.3 Å². The fraction of sp³-hybridized carbons (Fsp3) is 0.467. The molecule has 23 heavy (non-hydrogen) atoms. The molecule has 0 aliphatic carbocycles. The number of aliphatic carboxylic acids is 1. The summed E-state index contributed by atoms with van der Waals surface area (Å²) in [6, 6.07) is -0.926. The summed E-state index contributed by atoms with van der Waals surface area (Å²) in [6.07, 6.45) is 0.764. The van der Waals surface area contributed by atoms with Crippen LogP contribution in [-0.2, 0) is 16.0 Å². The number of carbonyl (C=O) groups is 2. The number of hydrogen-bond acceptors (Lipinski definition) is 6. The zero-order chi connectivity index (χ0) is 17.1. The van der Waals surface area contributed by atoms with E-state index in [9.17, 15) is 14.7 Å². The van der Waals surface area contributed by atoms with E-state index in [1.54, 1.807) is 11.3 Å². The van der Waals surface area contributed by atoms with Gasteiger partial charge in [-0.3, -0.25) is 4.79 Å². The van der Waals surface area contributed by atoms with E-state index >= 15 is 0 Å². The number of carboxylic acids is 1. The first-order valence-corrected chi connectivity index (χ1v) is 8.19. The highest BCUT2D eigenvalue weighted by Crippen LogP contribution is 2.33. The molecule has 4 N–H and O–H groups in total. The Labute approximate surface area is 137 Å². The van der Waals surface area contributed by atoms with Gasteiger partial charge >= 0.3 is 5.97 Å². The molecular formula is C15H20N4O3S. The van der Waals surface area contributed by atoms with Gasteiger partial charge in [-0.1, -0.05) is 6.92 Å². The molecule has 7 nitrogen and oxygen atoms in total. The van der Waals surface area contributed by atoms with Gasteiger partial charge in [-0.25, -0.2) is 14.8 Å². The van der Waals surface area contributed by atoms with Crippen molar-refractivity contribution in [2.75, 3.05) is 5.32 Å². The molecular weight excluding hydrogens is 316 g/mol. The van der Waals surface area contributed by atoms with E-state index in [0.29, 0.717) is 18.1 Å². The van der Waals surface area contributed by atoms with Crippen molar-refractivity contribution in [3.05, 3.63) is 16.3 Å². The van der Waals surface area contributed by atoms with Crippen LogP contribution in [0.15, 0.2) is 0 Å². The predicted octanol–water partition coefficient (Wildman–Crippen LogP) is 2.00. The Morgan fingerprint density at radius 3 is 2.61 bits per heavy atom. The largest absolute Gasteiger partial charge is 0.480 e. The number of amides is 1. The molecule has 124 valence electrons. The van der Waals surface area contributed by atoms with Crippen molar-refractivity contribution in [1.82, 2.24) is 9.97 Å². The van der Waals surface area contributed by atoms with Crippen LogP contribution in [0, 0.1) is 13.8 Å². The second-order valence-electron chi connectivity index (χ2n) is 5.35. The van der Waals surface area contributed by atoms with Gasteiger partial charge in [0.25, 0.3) is 0 Å². The molecule has 0 saturated carbocycles. The van der Waals surface area contributed by atoms with Gasteiger partial charge in [0.05, 0.1) is 5.39 Å². The number of aryl methyl sites for hydroxylation is 3. The fourth-order valence-corrected chi connectivity index (χ4v) is 3.31. The maximum Gasteiger partial charge on any atom is 0.326 e. The zero-order valence-electron chi connectivity index (χ0n) is 13.3. The van der Waals surface area contributed by atoms with Gasteiger partial charge in [0.15, 0.2) is 0 Å². The van der Waals surface area contributed by atoms with Gasteiger partial charge in [-0.2, -0.15) is 0 Å². The Morgan fingerprint density at radius 1 is 1.35 bits per heavy atom. The van der Waals surface area contributed by atoms with Crippen molar-refractivity contribution in [1.29, 1.82) is 0 Å². The number of nitrogens with two attached hydrogens (primary N) is 1. The van der Waals surface area contributed by atoms with Crippen molar-refractivity contribution < 1.29 is 14.7 Å². The molecule has 0 saturated heterocycles. The van der Waals surface area contributed by atoms with Crippen molar-refractivity contribution in [2.24, 2.45) is 5.73 Å². The summed E-state index contributed by atoms with van der Waals surface area (Å²) in [5.74, 6) is -0.408. The lowest BCUT2D eigenvalue weighted by Gasteiger charge is -2.16. The number of aromatic nitrogens is 2. The van der Waals surface area contributed by atoms with Crippen LogP contribution in [0.4, 0.5) is 5.82 Å². The minimum atomic E-state index is -1.04. The Morgan fingerprint density at radius 2 is 2.04 bits per heavy atom. The van der Waals surface area contributed by atoms with Crippen LogP contribution < -0.4 is 11.1 Å². The third kappa shape index (κ3) is 3.76. The van der Waals surface area contributed by atoms with Gasteiger partial charge in [-0.15, -0.1) is 11.3 Å². The lowest BCUT2D eigenvalue weighted by molar-refractivity contribution is -0.138. The SMILES string of the molecule is CCc1nc(NC(CCC(N)=O)C(=O)O)c2c(C)c(C)sc2n1. The third-order valence-electron chi connectivity index (χ3n) is 3.68. The number of nitrogens with one attached hydrogen (secondary N) is 1. The van der Waals surface area contributed by atoms with E-state index < -0.39 is 17.9 Å². The van der Waals surface area contributed by atoms with Crippen LogP contribution in [-0.4, -0.2) is 33.0 Å². The van der Waals surface area contributed by atoms with Crippen molar-refractivity contribution >= 4 is 39.2 Å². The van der Waals surface area contributed by atoms with E-state index in [1.807, 2.05) is 20.8 Å². The highest BCUT2D eigenvalue weighted by atomic mass is 32.1. The quantitative estimate of drug-likeness (QED) is 0.711. The first kappa shape index (κ1) is 17.1. The minimum Gasteiger partial charge on any atom is -0.480 e. The maximum atomic E-state index is 11.4. The standard InChI is InChI=1S/C15H20N4O3S/c1-4-11-18-13(12-7(2)8(3)23-14(12)19-11)17-9(15(21)22)5-6-10(16)20/h9H,4-6H2,1-3H3,(H2,16,20)(H,21,22)(H,17,18,19). The fourth-order valence-electron chi connectivity index (χ4n) is 2.27. The van der Waals surface area contributed by atoms with E-state index in [4.69, 9.17) is 5.73 Å². The average Bonchev–Trinajstić information content (AvgIpc) is 2.77. The molecule has 0 fully saturated rings. The van der Waals surface area contributed by atoms with Gasteiger partial charge in [-0.05, 0) is 25.8 Å². The molecule has 2 heterocycles. The number of carbonyl (C=O) groups excluding carboxylic acids is 1. The lowest BCUT2D eigenvalue weighted by atomic mass is 10.1. The monoisotopic (exact) mass is 336 g/mol. The van der Waals surface area contributed by atoms with E-state index in [-0.39, 0.29) is 12.8 Å². The van der Waals surface area contributed by atoms with Crippen molar-refractivity contribution in [3.8, 4) is 0 Å². The molecule has 2 aromatic rings. The Kier molecular flexibility index (Phi) is 5.15. The van der Waals surface area contributed by atoms with Crippen LogP contribution in [0.1, 0.15) is 36.0 Å². The van der Waals surface area contributed by atoms with Gasteiger partial charge < -0.3 is 16.2 Å². The molecule has 8 heteroatoms. The summed E-state index contributed by atoms with van der Waals surface area (Å²) in [7, 11) is 0. The molecule has 0 aliphatic rings. The molecule has 0 aromatic carbocycles. The maximum absolute atomic E-state index is 11.4. The number of carboxylic acid groups (broad SMARTS) is 1. The number of thiophene rings is 1. The predicted molar refractivity (Wildman–Crippen MR) is 89.7 cm³/mol. The number of rotatable bonds is 7. The zero-order valence-corrected chi connectivity index (χ0v) is 14.2. The van der Waals surface area contributed by atoms with Gasteiger partial charge in [0.2, 0.25) is 5.91 Å². The number of anilines is 1. The first-order valence-electron chi connectivity index (χ1n) is 7.37. The summed E-state index contributed by atoms with van der Waals surface area (Å²) in [5.41, 5.74) is 6.15.